The average Bonchev–Trinajstić information content (AvgIpc) is 2.84. The molecule has 0 atom stereocenters. The second-order valence-corrected chi connectivity index (χ2v) is 4.15. The van der Waals surface area contributed by atoms with Crippen molar-refractivity contribution in [3.63, 3.8) is 0 Å². The van der Waals surface area contributed by atoms with Crippen LogP contribution < -0.4 is 5.32 Å². The molecule has 2 N–H and O–H groups in total. The van der Waals surface area contributed by atoms with Gasteiger partial charge in [0, 0.05) is 23.4 Å². The van der Waals surface area contributed by atoms with Crippen molar-refractivity contribution in [2.24, 2.45) is 0 Å². The zero-order chi connectivity index (χ0) is 14.5. The highest BCUT2D eigenvalue weighted by Crippen LogP contribution is 2.23. The van der Waals surface area contributed by atoms with E-state index in [1.54, 1.807) is 12.1 Å². The molecule has 1 aromatic carbocycles. The van der Waals surface area contributed by atoms with Gasteiger partial charge in [-0.15, -0.1) is 0 Å². The minimum atomic E-state index is -1.16. The van der Waals surface area contributed by atoms with Crippen molar-refractivity contribution in [2.75, 3.05) is 5.32 Å². The van der Waals surface area contributed by atoms with E-state index >= 15 is 0 Å². The molecular weight excluding hydrogens is 258 g/mol. The molecule has 2 aromatic rings. The van der Waals surface area contributed by atoms with Gasteiger partial charge in [0.1, 0.15) is 11.5 Å². The number of anilines is 1. The molecule has 1 aromatic heterocycles. The van der Waals surface area contributed by atoms with Crippen LogP contribution in [0.5, 0.6) is 0 Å². The fourth-order valence-corrected chi connectivity index (χ4v) is 1.64. The lowest BCUT2D eigenvalue weighted by molar-refractivity contribution is -0.131. The third-order valence-corrected chi connectivity index (χ3v) is 2.55. The molecule has 102 valence electrons. The Morgan fingerprint density at radius 3 is 2.35 bits per heavy atom. The molecule has 2 rings (SSSR count). The van der Waals surface area contributed by atoms with Crippen molar-refractivity contribution in [3.8, 4) is 11.3 Å². The lowest BCUT2D eigenvalue weighted by Crippen LogP contribution is -2.08. The third-order valence-electron chi connectivity index (χ3n) is 2.55. The Morgan fingerprint density at radius 2 is 1.80 bits per heavy atom. The van der Waals surface area contributed by atoms with Gasteiger partial charge in [-0.3, -0.25) is 4.79 Å². The van der Waals surface area contributed by atoms with Crippen molar-refractivity contribution in [1.82, 2.24) is 0 Å². The normalized spacial score (nSPS) is 10.7. The summed E-state index contributed by atoms with van der Waals surface area (Å²) in [6, 6.07) is 10.8. The van der Waals surface area contributed by atoms with Crippen LogP contribution in [-0.4, -0.2) is 17.0 Å². The fraction of sp³-hybridized carbons (Fsp3) is 0.0667. The standard InChI is InChI=1S/C15H13NO4/c1-10-2-7-13(20-10)11-3-5-12(6-4-11)16-14(17)8-9-15(18)19/h2-9H,1H3,(H,16,17)(H,18,19)/b9-8+. The van der Waals surface area contributed by atoms with Crippen molar-refractivity contribution < 1.29 is 19.1 Å². The molecule has 0 saturated heterocycles. The number of hydrogen-bond acceptors (Lipinski definition) is 3. The highest BCUT2D eigenvalue weighted by molar-refractivity contribution is 6.02. The van der Waals surface area contributed by atoms with Gasteiger partial charge >= 0.3 is 5.97 Å². The van der Waals surface area contributed by atoms with E-state index in [-0.39, 0.29) is 0 Å². The maximum absolute atomic E-state index is 11.4. The van der Waals surface area contributed by atoms with Crippen LogP contribution in [0.3, 0.4) is 0 Å². The molecule has 1 heterocycles. The summed E-state index contributed by atoms with van der Waals surface area (Å²) in [4.78, 5) is 21.7. The molecule has 0 fully saturated rings. The minimum Gasteiger partial charge on any atom is -0.478 e. The number of aryl methyl sites for hydroxylation is 1. The summed E-state index contributed by atoms with van der Waals surface area (Å²) in [5.41, 5.74) is 1.48. The first kappa shape index (κ1) is 13.6. The minimum absolute atomic E-state index is 0.492. The SMILES string of the molecule is Cc1ccc(-c2ccc(NC(=O)/C=C/C(=O)O)cc2)o1. The Morgan fingerprint density at radius 1 is 1.10 bits per heavy atom. The van der Waals surface area contributed by atoms with E-state index in [4.69, 9.17) is 9.52 Å². The number of amides is 1. The molecule has 1 amide bonds. The van der Waals surface area contributed by atoms with Crippen molar-refractivity contribution in [1.29, 1.82) is 0 Å². The van der Waals surface area contributed by atoms with E-state index in [2.05, 4.69) is 5.32 Å². The molecule has 0 aliphatic carbocycles. The second kappa shape index (κ2) is 5.88. The molecule has 0 saturated carbocycles. The van der Waals surface area contributed by atoms with Crippen LogP contribution in [0.15, 0.2) is 53.0 Å². The van der Waals surface area contributed by atoms with Crippen molar-refractivity contribution in [2.45, 2.75) is 6.92 Å². The van der Waals surface area contributed by atoms with Gasteiger partial charge in [0.25, 0.3) is 0 Å². The number of carboxylic acids is 1. The van der Waals surface area contributed by atoms with E-state index in [0.717, 1.165) is 29.2 Å². The van der Waals surface area contributed by atoms with Crippen LogP contribution in [0.1, 0.15) is 5.76 Å². The molecule has 0 aliphatic heterocycles. The summed E-state index contributed by atoms with van der Waals surface area (Å²) in [5.74, 6) is -0.0694. The Labute approximate surface area is 115 Å². The number of aliphatic carboxylic acids is 1. The number of carbonyl (C=O) groups is 2. The van der Waals surface area contributed by atoms with E-state index < -0.39 is 11.9 Å². The summed E-state index contributed by atoms with van der Waals surface area (Å²) in [5, 5.41) is 11.0. The van der Waals surface area contributed by atoms with Gasteiger partial charge in [-0.05, 0) is 43.3 Å². The van der Waals surface area contributed by atoms with E-state index in [1.807, 2.05) is 31.2 Å². The van der Waals surface area contributed by atoms with Crippen LogP contribution in [0.25, 0.3) is 11.3 Å². The average molecular weight is 271 g/mol. The molecule has 5 heteroatoms. The Kier molecular flexibility index (Phi) is 4.00. The predicted octanol–water partition coefficient (Wildman–Crippen LogP) is 2.83. The number of hydrogen-bond donors (Lipinski definition) is 2. The molecule has 20 heavy (non-hydrogen) atoms. The largest absolute Gasteiger partial charge is 0.478 e. The molecule has 0 aliphatic rings. The Hall–Kier alpha value is -2.82. The van der Waals surface area contributed by atoms with E-state index in [0.29, 0.717) is 5.69 Å². The topological polar surface area (TPSA) is 79.5 Å². The highest BCUT2D eigenvalue weighted by Gasteiger charge is 2.03. The lowest BCUT2D eigenvalue weighted by atomic mass is 10.1. The first-order valence-electron chi connectivity index (χ1n) is 5.93. The number of carbonyl (C=O) groups excluding carboxylic acids is 1. The van der Waals surface area contributed by atoms with Gasteiger partial charge in [-0.2, -0.15) is 0 Å². The number of furan rings is 1. The number of nitrogens with one attached hydrogen (secondary N) is 1. The predicted molar refractivity (Wildman–Crippen MR) is 74.3 cm³/mol. The highest BCUT2D eigenvalue weighted by atomic mass is 16.4. The van der Waals surface area contributed by atoms with Gasteiger partial charge in [0.2, 0.25) is 5.91 Å². The first-order chi connectivity index (χ1) is 9.54. The summed E-state index contributed by atoms with van der Waals surface area (Å²) in [6.45, 7) is 1.87. The number of benzene rings is 1. The van der Waals surface area contributed by atoms with Crippen LogP contribution in [0.4, 0.5) is 5.69 Å². The summed E-state index contributed by atoms with van der Waals surface area (Å²) < 4.78 is 5.49. The Balaban J connectivity index is 2.05. The molecule has 0 unspecified atom stereocenters. The van der Waals surface area contributed by atoms with Gasteiger partial charge < -0.3 is 14.8 Å². The zero-order valence-electron chi connectivity index (χ0n) is 10.8. The number of carboxylic acid groups (broad SMARTS) is 1. The summed E-state index contributed by atoms with van der Waals surface area (Å²) in [6.07, 6.45) is 1.75. The van der Waals surface area contributed by atoms with Gasteiger partial charge in [-0.25, -0.2) is 4.79 Å². The summed E-state index contributed by atoms with van der Waals surface area (Å²) in [7, 11) is 0. The van der Waals surface area contributed by atoms with E-state index in [1.165, 1.54) is 0 Å². The smallest absolute Gasteiger partial charge is 0.328 e. The zero-order valence-corrected chi connectivity index (χ0v) is 10.8. The van der Waals surface area contributed by atoms with Gasteiger partial charge in [0.15, 0.2) is 0 Å². The van der Waals surface area contributed by atoms with Crippen LogP contribution in [0, 0.1) is 6.92 Å². The van der Waals surface area contributed by atoms with Crippen molar-refractivity contribution >= 4 is 17.6 Å². The van der Waals surface area contributed by atoms with E-state index in [9.17, 15) is 9.59 Å². The van der Waals surface area contributed by atoms with Crippen LogP contribution in [-0.2, 0) is 9.59 Å². The molecule has 0 radical (unpaired) electrons. The van der Waals surface area contributed by atoms with Crippen molar-refractivity contribution in [3.05, 3.63) is 54.3 Å². The monoisotopic (exact) mass is 271 g/mol. The fourth-order valence-electron chi connectivity index (χ4n) is 1.64. The van der Waals surface area contributed by atoms with Gasteiger partial charge in [-0.1, -0.05) is 0 Å². The summed E-state index contributed by atoms with van der Waals surface area (Å²) >= 11 is 0. The molecule has 5 nitrogen and oxygen atoms in total. The molecular formula is C15H13NO4. The number of rotatable bonds is 4. The maximum Gasteiger partial charge on any atom is 0.328 e. The quantitative estimate of drug-likeness (QED) is 0.838. The second-order valence-electron chi connectivity index (χ2n) is 4.15. The third kappa shape index (κ3) is 3.58. The molecule has 0 spiro atoms. The van der Waals surface area contributed by atoms with Crippen LogP contribution >= 0.6 is 0 Å². The lowest BCUT2D eigenvalue weighted by Gasteiger charge is -2.03. The Bertz CT molecular complexity index is 653. The van der Waals surface area contributed by atoms with Gasteiger partial charge in [0.05, 0.1) is 0 Å². The maximum atomic E-state index is 11.4. The van der Waals surface area contributed by atoms with Crippen LogP contribution in [0.2, 0.25) is 0 Å². The first-order valence-corrected chi connectivity index (χ1v) is 5.93. The molecule has 0 bridgehead atoms.